The molecular formula is C10H18N2O3. The van der Waals surface area contributed by atoms with Crippen LogP contribution < -0.4 is 0 Å². The number of hydrogen-bond donors (Lipinski definition) is 0. The molecule has 0 aromatic heterocycles. The maximum atomic E-state index is 11.5. The first-order valence-corrected chi connectivity index (χ1v) is 4.78. The molecule has 0 aromatic rings. The Hall–Kier alpha value is -1.52. The summed E-state index contributed by atoms with van der Waals surface area (Å²) in [5.74, 6) is -0.469. The number of likely N-dealkylation sites (N-methyl/N-ethyl adjacent to an activating group) is 1. The number of nitrogens with zero attached hydrogens (tertiary/aromatic N) is 2. The summed E-state index contributed by atoms with van der Waals surface area (Å²) in [6, 6.07) is -0.0906. The Balaban J connectivity index is 3.95. The molecule has 0 rings (SSSR count). The Kier molecular flexibility index (Phi) is 6.17. The Morgan fingerprint density at radius 3 is 2.40 bits per heavy atom. The molecular weight excluding hydrogens is 196 g/mol. The third kappa shape index (κ3) is 5.05. The van der Waals surface area contributed by atoms with Crippen LogP contribution in [0.5, 0.6) is 0 Å². The zero-order chi connectivity index (χ0) is 11.8. The summed E-state index contributed by atoms with van der Waals surface area (Å²) in [7, 11) is 3.36. The number of esters is 1. The second-order valence-electron chi connectivity index (χ2n) is 3.13. The van der Waals surface area contributed by atoms with Crippen molar-refractivity contribution in [1.82, 2.24) is 9.80 Å². The van der Waals surface area contributed by atoms with Gasteiger partial charge in [0.25, 0.3) is 0 Å². The maximum Gasteiger partial charge on any atom is 0.330 e. The smallest absolute Gasteiger partial charge is 0.330 e. The van der Waals surface area contributed by atoms with E-state index in [9.17, 15) is 9.59 Å². The predicted octanol–water partition coefficient (Wildman–Crippen LogP) is 0.719. The normalized spacial score (nSPS) is 9.27. The summed E-state index contributed by atoms with van der Waals surface area (Å²) in [5, 5.41) is 0. The van der Waals surface area contributed by atoms with Crippen LogP contribution in [0.15, 0.2) is 12.7 Å². The molecule has 5 nitrogen and oxygen atoms in total. The van der Waals surface area contributed by atoms with E-state index in [1.807, 2.05) is 6.92 Å². The molecule has 0 aliphatic rings. The van der Waals surface area contributed by atoms with E-state index in [0.717, 1.165) is 6.08 Å². The van der Waals surface area contributed by atoms with Crippen molar-refractivity contribution in [2.24, 2.45) is 0 Å². The zero-order valence-electron chi connectivity index (χ0n) is 9.52. The van der Waals surface area contributed by atoms with Crippen molar-refractivity contribution in [2.75, 3.05) is 33.8 Å². The van der Waals surface area contributed by atoms with E-state index in [0.29, 0.717) is 13.1 Å². The molecule has 0 radical (unpaired) electrons. The highest BCUT2D eigenvalue weighted by Crippen LogP contribution is 1.94. The fraction of sp³-hybridized carbons (Fsp3) is 0.600. The van der Waals surface area contributed by atoms with E-state index in [2.05, 4.69) is 6.58 Å². The van der Waals surface area contributed by atoms with Gasteiger partial charge in [-0.3, -0.25) is 0 Å². The maximum absolute atomic E-state index is 11.5. The standard InChI is InChI=1S/C10H18N2O3/c1-5-9(13)15-8-7-12(6-2)10(14)11(3)4/h5H,1,6-8H2,2-4H3. The first kappa shape index (κ1) is 13.5. The molecule has 0 aromatic carbocycles. The lowest BCUT2D eigenvalue weighted by atomic mass is 10.5. The SMILES string of the molecule is C=CC(=O)OCCN(CC)C(=O)N(C)C. The van der Waals surface area contributed by atoms with Crippen molar-refractivity contribution in [3.05, 3.63) is 12.7 Å². The lowest BCUT2D eigenvalue weighted by Gasteiger charge is -2.24. The third-order valence-corrected chi connectivity index (χ3v) is 1.81. The third-order valence-electron chi connectivity index (χ3n) is 1.81. The molecule has 0 saturated heterocycles. The number of amides is 2. The number of carbonyl (C=O) groups is 2. The summed E-state index contributed by atoms with van der Waals surface area (Å²) >= 11 is 0. The summed E-state index contributed by atoms with van der Waals surface area (Å²) in [4.78, 5) is 25.3. The number of hydrogen-bond acceptors (Lipinski definition) is 3. The van der Waals surface area contributed by atoms with Crippen LogP contribution in [0.25, 0.3) is 0 Å². The summed E-state index contributed by atoms with van der Waals surface area (Å²) in [6.45, 7) is 6.32. The van der Waals surface area contributed by atoms with Crippen molar-refractivity contribution in [2.45, 2.75) is 6.92 Å². The molecule has 0 spiro atoms. The topological polar surface area (TPSA) is 49.9 Å². The molecule has 5 heteroatoms. The minimum Gasteiger partial charge on any atom is -0.461 e. The molecule has 0 atom stereocenters. The fourth-order valence-corrected chi connectivity index (χ4v) is 0.987. The molecule has 0 aliphatic heterocycles. The Bertz CT molecular complexity index is 239. The minimum absolute atomic E-state index is 0.0906. The summed E-state index contributed by atoms with van der Waals surface area (Å²) in [5.41, 5.74) is 0. The highest BCUT2D eigenvalue weighted by Gasteiger charge is 2.13. The van der Waals surface area contributed by atoms with Crippen LogP contribution in [0.4, 0.5) is 4.79 Å². The van der Waals surface area contributed by atoms with Crippen LogP contribution in [0, 0.1) is 0 Å². The van der Waals surface area contributed by atoms with Gasteiger partial charge in [-0.2, -0.15) is 0 Å². The average Bonchev–Trinajstić information content (AvgIpc) is 2.22. The van der Waals surface area contributed by atoms with Crippen LogP contribution >= 0.6 is 0 Å². The van der Waals surface area contributed by atoms with E-state index in [1.165, 1.54) is 4.90 Å². The van der Waals surface area contributed by atoms with Crippen LogP contribution in [0.1, 0.15) is 6.92 Å². The van der Waals surface area contributed by atoms with Crippen LogP contribution in [-0.4, -0.2) is 55.6 Å². The number of carbonyl (C=O) groups excluding carboxylic acids is 2. The first-order chi connectivity index (χ1) is 7.02. The highest BCUT2D eigenvalue weighted by atomic mass is 16.5. The number of rotatable bonds is 5. The van der Waals surface area contributed by atoms with E-state index in [1.54, 1.807) is 19.0 Å². The molecule has 0 heterocycles. The van der Waals surface area contributed by atoms with Gasteiger partial charge in [-0.15, -0.1) is 0 Å². The largest absolute Gasteiger partial charge is 0.461 e. The van der Waals surface area contributed by atoms with Gasteiger partial charge in [-0.05, 0) is 6.92 Å². The van der Waals surface area contributed by atoms with Gasteiger partial charge in [0.05, 0.1) is 6.54 Å². The molecule has 0 fully saturated rings. The minimum atomic E-state index is -0.469. The second kappa shape index (κ2) is 6.86. The second-order valence-corrected chi connectivity index (χ2v) is 3.13. The molecule has 0 N–H and O–H groups in total. The predicted molar refractivity (Wildman–Crippen MR) is 57.5 cm³/mol. The average molecular weight is 214 g/mol. The van der Waals surface area contributed by atoms with Gasteiger partial charge in [-0.25, -0.2) is 9.59 Å². The van der Waals surface area contributed by atoms with Gasteiger partial charge in [0.2, 0.25) is 0 Å². The molecule has 15 heavy (non-hydrogen) atoms. The van der Waals surface area contributed by atoms with Gasteiger partial charge < -0.3 is 14.5 Å². The zero-order valence-corrected chi connectivity index (χ0v) is 9.52. The monoisotopic (exact) mass is 214 g/mol. The van der Waals surface area contributed by atoms with Gasteiger partial charge in [0.15, 0.2) is 0 Å². The fourth-order valence-electron chi connectivity index (χ4n) is 0.987. The quantitative estimate of drug-likeness (QED) is 0.500. The number of urea groups is 1. The van der Waals surface area contributed by atoms with Gasteiger partial charge >= 0.3 is 12.0 Å². The van der Waals surface area contributed by atoms with E-state index in [4.69, 9.17) is 4.74 Å². The molecule has 0 unspecified atom stereocenters. The molecule has 86 valence electrons. The molecule has 0 bridgehead atoms. The van der Waals surface area contributed by atoms with Gasteiger partial charge in [-0.1, -0.05) is 6.58 Å². The van der Waals surface area contributed by atoms with Crippen molar-refractivity contribution in [1.29, 1.82) is 0 Å². The molecule has 0 aliphatic carbocycles. The Labute approximate surface area is 90.3 Å². The van der Waals surface area contributed by atoms with E-state index in [-0.39, 0.29) is 12.6 Å². The Morgan fingerprint density at radius 2 is 2.00 bits per heavy atom. The molecule has 0 saturated carbocycles. The summed E-state index contributed by atoms with van der Waals surface area (Å²) < 4.78 is 4.78. The lowest BCUT2D eigenvalue weighted by Crippen LogP contribution is -2.41. The van der Waals surface area contributed by atoms with Crippen molar-refractivity contribution >= 4 is 12.0 Å². The van der Waals surface area contributed by atoms with Crippen LogP contribution in [-0.2, 0) is 9.53 Å². The van der Waals surface area contributed by atoms with Gasteiger partial charge in [0, 0.05) is 26.7 Å². The summed E-state index contributed by atoms with van der Waals surface area (Å²) in [6.07, 6.45) is 1.10. The number of ether oxygens (including phenoxy) is 1. The van der Waals surface area contributed by atoms with Crippen molar-refractivity contribution in [3.8, 4) is 0 Å². The van der Waals surface area contributed by atoms with Crippen LogP contribution in [0.2, 0.25) is 0 Å². The van der Waals surface area contributed by atoms with Crippen molar-refractivity contribution < 1.29 is 14.3 Å². The van der Waals surface area contributed by atoms with Crippen LogP contribution in [0.3, 0.4) is 0 Å². The van der Waals surface area contributed by atoms with E-state index >= 15 is 0 Å². The van der Waals surface area contributed by atoms with Crippen molar-refractivity contribution in [3.63, 3.8) is 0 Å². The molecule has 2 amide bonds. The van der Waals surface area contributed by atoms with E-state index < -0.39 is 5.97 Å². The first-order valence-electron chi connectivity index (χ1n) is 4.78. The van der Waals surface area contributed by atoms with Gasteiger partial charge in [0.1, 0.15) is 6.61 Å². The Morgan fingerprint density at radius 1 is 1.40 bits per heavy atom. The highest BCUT2D eigenvalue weighted by molar-refractivity contribution is 5.81. The lowest BCUT2D eigenvalue weighted by molar-refractivity contribution is -0.138.